The van der Waals surface area contributed by atoms with Crippen LogP contribution in [0.2, 0.25) is 0 Å². The van der Waals surface area contributed by atoms with Gasteiger partial charge in [-0.15, -0.1) is 0 Å². The van der Waals surface area contributed by atoms with Crippen LogP contribution in [-0.4, -0.2) is 95.5 Å². The molecule has 6 rings (SSSR count). The first-order valence-electron chi connectivity index (χ1n) is 23.1. The van der Waals surface area contributed by atoms with Gasteiger partial charge in [0.25, 0.3) is 0 Å². The van der Waals surface area contributed by atoms with Gasteiger partial charge < -0.3 is 29.4 Å². The number of nitrogens with zero attached hydrogens (tertiary/aromatic N) is 5. The van der Waals surface area contributed by atoms with Crippen molar-refractivity contribution >= 4 is 29.7 Å². The lowest BCUT2D eigenvalue weighted by Gasteiger charge is -2.24. The molecule has 0 aliphatic carbocycles. The number of anilines is 2. The molecular formula is C55H66N6O8. The van der Waals surface area contributed by atoms with Crippen LogP contribution >= 0.6 is 0 Å². The number of hydrogen-bond acceptors (Lipinski definition) is 12. The summed E-state index contributed by atoms with van der Waals surface area (Å²) in [5, 5.41) is 12.3. The van der Waals surface area contributed by atoms with E-state index in [4.69, 9.17) is 18.9 Å². The number of aromatic nitrogens is 2. The van der Waals surface area contributed by atoms with Crippen molar-refractivity contribution in [2.75, 3.05) is 57.2 Å². The van der Waals surface area contributed by atoms with E-state index in [0.29, 0.717) is 58.2 Å². The zero-order chi connectivity index (χ0) is 49.4. The molecule has 2 heterocycles. The maximum absolute atomic E-state index is 12.4. The molecule has 0 spiro atoms. The number of ether oxygens (including phenoxy) is 4. The molecule has 0 atom stereocenters. The maximum atomic E-state index is 12.4. The van der Waals surface area contributed by atoms with Crippen molar-refractivity contribution in [3.8, 4) is 11.5 Å². The lowest BCUT2D eigenvalue weighted by molar-refractivity contribution is -0.144. The summed E-state index contributed by atoms with van der Waals surface area (Å²) in [7, 11) is 3.49. The number of carbonyl (C=O) groups is 3. The molecular weight excluding hydrogens is 873 g/mol. The normalized spacial score (nSPS) is 11.0. The monoisotopic (exact) mass is 938 g/mol. The molecule has 6 aromatic rings. The average molecular weight is 939 g/mol. The second kappa shape index (κ2) is 27.5. The summed E-state index contributed by atoms with van der Waals surface area (Å²) in [5.74, 6) is 1.84. The first-order valence-corrected chi connectivity index (χ1v) is 23.1. The second-order valence-corrected chi connectivity index (χ2v) is 17.2. The summed E-state index contributed by atoms with van der Waals surface area (Å²) in [6.07, 6.45) is 0.858. The van der Waals surface area contributed by atoms with Gasteiger partial charge in [-0.1, -0.05) is 97.1 Å². The predicted molar refractivity (Wildman–Crippen MR) is 269 cm³/mol. The average Bonchev–Trinajstić information content (AvgIpc) is 3.33. The van der Waals surface area contributed by atoms with Crippen LogP contribution in [0.5, 0.6) is 11.5 Å². The van der Waals surface area contributed by atoms with E-state index in [1.807, 2.05) is 167 Å². The Hall–Kier alpha value is -7.29. The van der Waals surface area contributed by atoms with Crippen molar-refractivity contribution in [2.24, 2.45) is 0 Å². The Morgan fingerprint density at radius 2 is 1.06 bits per heavy atom. The number of carbonyl (C=O) groups excluding carboxylic acids is 2. The number of carboxylic acids is 1. The van der Waals surface area contributed by atoms with Gasteiger partial charge in [0.15, 0.2) is 0 Å². The molecule has 2 N–H and O–H groups in total. The lowest BCUT2D eigenvalue weighted by atomic mass is 10.1. The van der Waals surface area contributed by atoms with E-state index in [2.05, 4.69) is 32.3 Å². The third-order valence-corrected chi connectivity index (χ3v) is 10.3. The second-order valence-electron chi connectivity index (χ2n) is 17.2. The maximum Gasteiger partial charge on any atom is 0.415 e. The van der Waals surface area contributed by atoms with Crippen LogP contribution in [0.3, 0.4) is 0 Å². The van der Waals surface area contributed by atoms with E-state index in [0.717, 1.165) is 57.4 Å². The molecule has 0 bridgehead atoms. The summed E-state index contributed by atoms with van der Waals surface area (Å²) < 4.78 is 22.4. The predicted octanol–water partition coefficient (Wildman–Crippen LogP) is 9.47. The van der Waals surface area contributed by atoms with Crippen molar-refractivity contribution in [1.82, 2.24) is 19.8 Å². The highest BCUT2D eigenvalue weighted by molar-refractivity contribution is 5.86. The van der Waals surface area contributed by atoms with Crippen LogP contribution in [-0.2, 0) is 58.1 Å². The van der Waals surface area contributed by atoms with Gasteiger partial charge in [0, 0.05) is 64.5 Å². The highest BCUT2D eigenvalue weighted by atomic mass is 16.6. The number of amides is 1. The van der Waals surface area contributed by atoms with Crippen molar-refractivity contribution in [3.05, 3.63) is 179 Å². The summed E-state index contributed by atoms with van der Waals surface area (Å²) in [6.45, 7) is 11.3. The van der Waals surface area contributed by atoms with Crippen LogP contribution in [0, 0.1) is 0 Å². The summed E-state index contributed by atoms with van der Waals surface area (Å²) in [5.41, 5.74) is 5.56. The number of hydrogen-bond donors (Lipinski definition) is 2. The first kappa shape index (κ1) is 52.7. The molecule has 0 saturated heterocycles. The quantitative estimate of drug-likeness (QED) is 0.0587. The van der Waals surface area contributed by atoms with Crippen LogP contribution in [0.25, 0.3) is 0 Å². The van der Waals surface area contributed by atoms with Gasteiger partial charge in [-0.05, 0) is 98.5 Å². The number of rotatable bonds is 23. The van der Waals surface area contributed by atoms with Crippen LogP contribution in [0.4, 0.5) is 16.4 Å². The fourth-order valence-corrected chi connectivity index (χ4v) is 7.02. The van der Waals surface area contributed by atoms with Gasteiger partial charge in [-0.2, -0.15) is 0 Å². The Labute approximate surface area is 406 Å². The smallest absolute Gasteiger partial charge is 0.415 e. The molecule has 0 radical (unpaired) electrons. The van der Waals surface area contributed by atoms with E-state index in [9.17, 15) is 19.5 Å². The molecule has 0 unspecified atom stereocenters. The number of esters is 1. The fourth-order valence-electron chi connectivity index (χ4n) is 7.02. The van der Waals surface area contributed by atoms with E-state index in [1.165, 1.54) is 4.90 Å². The zero-order valence-electron chi connectivity index (χ0n) is 40.7. The number of carboxylic acid groups (broad SMARTS) is 1. The minimum atomic E-state index is -0.832. The molecule has 0 fully saturated rings. The standard InChI is InChI=1S/C31H39N3O5.C24H27N3O3/c1-6-37-29(35)23-34(21-24-11-8-7-9-12-24)22-25-15-17-27(18-16-25)38-20-19-26-13-10-14-28(32-26)33(5)30(36)39-31(2,3)4;1-25-23-9-5-8-21(26-23)14-15-30-22-12-10-20(11-13-22)17-27(18-24(28)29)16-19-6-3-2-4-7-19/h7-18H,6,19-23H2,1-5H3;2-13H,14-18H2,1H3,(H,25,26)(H,28,29). The van der Waals surface area contributed by atoms with Gasteiger partial charge in [0.05, 0.1) is 32.9 Å². The van der Waals surface area contributed by atoms with E-state index in [-0.39, 0.29) is 19.1 Å². The molecule has 14 heteroatoms. The van der Waals surface area contributed by atoms with Crippen molar-refractivity contribution < 1.29 is 38.4 Å². The largest absolute Gasteiger partial charge is 0.493 e. The number of nitrogens with one attached hydrogen (secondary N) is 1. The van der Waals surface area contributed by atoms with Crippen molar-refractivity contribution in [2.45, 2.75) is 72.3 Å². The summed E-state index contributed by atoms with van der Waals surface area (Å²) in [4.78, 5) is 50.2. The molecule has 69 heavy (non-hydrogen) atoms. The third kappa shape index (κ3) is 19.8. The Kier molecular flexibility index (Phi) is 21.0. The Balaban J connectivity index is 0.000000266. The van der Waals surface area contributed by atoms with Gasteiger partial charge >= 0.3 is 18.0 Å². The Bertz CT molecular complexity index is 2470. The van der Waals surface area contributed by atoms with Crippen LogP contribution in [0.1, 0.15) is 61.3 Å². The molecule has 2 aromatic heterocycles. The molecule has 0 aliphatic heterocycles. The van der Waals surface area contributed by atoms with Crippen molar-refractivity contribution in [1.29, 1.82) is 0 Å². The van der Waals surface area contributed by atoms with Gasteiger partial charge in [-0.3, -0.25) is 24.3 Å². The minimum absolute atomic E-state index is 0.00811. The highest BCUT2D eigenvalue weighted by Gasteiger charge is 2.21. The molecule has 0 saturated carbocycles. The summed E-state index contributed by atoms with van der Waals surface area (Å²) >= 11 is 0. The SMILES string of the molecule is CCOC(=O)CN(Cc1ccccc1)Cc1ccc(OCCc2cccc(N(C)C(=O)OC(C)(C)C)n2)cc1.CNc1cccc(CCOc2ccc(CN(CC(=O)O)Cc3ccccc3)cc2)n1. The lowest BCUT2D eigenvalue weighted by Crippen LogP contribution is -2.34. The van der Waals surface area contributed by atoms with Gasteiger partial charge in [0.1, 0.15) is 28.7 Å². The third-order valence-electron chi connectivity index (χ3n) is 10.3. The van der Waals surface area contributed by atoms with Crippen molar-refractivity contribution in [3.63, 3.8) is 0 Å². The Morgan fingerprint density at radius 3 is 1.52 bits per heavy atom. The number of pyridine rings is 2. The number of aliphatic carboxylic acids is 1. The topological polar surface area (TPSA) is 156 Å². The highest BCUT2D eigenvalue weighted by Crippen LogP contribution is 2.19. The van der Waals surface area contributed by atoms with Gasteiger partial charge in [0.2, 0.25) is 0 Å². The molecule has 364 valence electrons. The minimum Gasteiger partial charge on any atom is -0.493 e. The first-order chi connectivity index (χ1) is 33.2. The Morgan fingerprint density at radius 1 is 0.594 bits per heavy atom. The fraction of sp³-hybridized carbons (Fsp3) is 0.327. The molecule has 1 amide bonds. The van der Waals surface area contributed by atoms with E-state index < -0.39 is 17.7 Å². The van der Waals surface area contributed by atoms with E-state index in [1.54, 1.807) is 13.1 Å². The van der Waals surface area contributed by atoms with Crippen LogP contribution in [0.15, 0.2) is 146 Å². The molecule has 4 aromatic carbocycles. The molecule has 0 aliphatic rings. The van der Waals surface area contributed by atoms with E-state index >= 15 is 0 Å². The van der Waals surface area contributed by atoms with Crippen LogP contribution < -0.4 is 19.7 Å². The number of benzene rings is 4. The zero-order valence-corrected chi connectivity index (χ0v) is 40.7. The molecule has 14 nitrogen and oxygen atoms in total. The summed E-state index contributed by atoms with van der Waals surface area (Å²) in [6, 6.07) is 47.1. The van der Waals surface area contributed by atoms with Gasteiger partial charge in [-0.25, -0.2) is 14.8 Å².